The van der Waals surface area contributed by atoms with Crippen molar-refractivity contribution in [3.8, 4) is 5.75 Å². The van der Waals surface area contributed by atoms with E-state index in [1.807, 2.05) is 43.3 Å². The molecule has 5 nitrogen and oxygen atoms in total. The number of hydrogen-bond acceptors (Lipinski definition) is 3. The number of ether oxygens (including phenoxy) is 1. The molecule has 4 rings (SSSR count). The van der Waals surface area contributed by atoms with Crippen LogP contribution in [0.3, 0.4) is 0 Å². The first kappa shape index (κ1) is 22.9. The quantitative estimate of drug-likeness (QED) is 0.560. The van der Waals surface area contributed by atoms with Crippen LogP contribution >= 0.6 is 11.6 Å². The average molecular weight is 456 g/mol. The molecule has 1 saturated carbocycles. The highest BCUT2D eigenvalue weighted by atomic mass is 35.5. The molecule has 1 aliphatic heterocycles. The van der Waals surface area contributed by atoms with Crippen LogP contribution < -0.4 is 15.4 Å². The average Bonchev–Trinajstić information content (AvgIpc) is 3.24. The lowest BCUT2D eigenvalue weighted by atomic mass is 9.89. The minimum absolute atomic E-state index is 0.131. The summed E-state index contributed by atoms with van der Waals surface area (Å²) in [7, 11) is 0. The predicted molar refractivity (Wildman–Crippen MR) is 131 cm³/mol. The van der Waals surface area contributed by atoms with Crippen LogP contribution in [0.15, 0.2) is 48.5 Å². The van der Waals surface area contributed by atoms with Crippen LogP contribution in [-0.2, 0) is 6.42 Å². The van der Waals surface area contributed by atoms with Crippen LogP contribution in [0.5, 0.6) is 5.75 Å². The number of anilines is 1. The molecule has 0 aromatic heterocycles. The van der Waals surface area contributed by atoms with Gasteiger partial charge in [0, 0.05) is 28.9 Å². The molecule has 2 N–H and O–H groups in total. The number of carbonyl (C=O) groups is 1. The molecule has 2 fully saturated rings. The number of hydrogen-bond donors (Lipinski definition) is 2. The Kier molecular flexibility index (Phi) is 7.93. The van der Waals surface area contributed by atoms with E-state index in [-0.39, 0.29) is 12.1 Å². The number of benzene rings is 2. The van der Waals surface area contributed by atoms with Gasteiger partial charge in [0.1, 0.15) is 5.75 Å². The minimum atomic E-state index is -0.131. The molecule has 1 aliphatic carbocycles. The first-order chi connectivity index (χ1) is 15.6. The maximum atomic E-state index is 12.7. The van der Waals surface area contributed by atoms with Crippen LogP contribution in [0.2, 0.25) is 5.02 Å². The summed E-state index contributed by atoms with van der Waals surface area (Å²) < 4.78 is 5.52. The van der Waals surface area contributed by atoms with Gasteiger partial charge in [0.15, 0.2) is 0 Å². The Hall–Kier alpha value is -2.24. The molecule has 172 valence electrons. The molecule has 2 atom stereocenters. The first-order valence-electron chi connectivity index (χ1n) is 11.9. The smallest absolute Gasteiger partial charge is 0.319 e. The lowest BCUT2D eigenvalue weighted by Crippen LogP contribution is -2.52. The van der Waals surface area contributed by atoms with E-state index in [0.29, 0.717) is 12.6 Å². The van der Waals surface area contributed by atoms with Gasteiger partial charge in [-0.3, -0.25) is 4.90 Å². The Morgan fingerprint density at radius 2 is 1.88 bits per heavy atom. The Balaban J connectivity index is 1.26. The fraction of sp³-hybridized carbons (Fsp3) is 0.500. The molecule has 0 spiro atoms. The zero-order valence-corrected chi connectivity index (χ0v) is 19.6. The third-order valence-electron chi connectivity index (χ3n) is 6.75. The summed E-state index contributed by atoms with van der Waals surface area (Å²) in [4.78, 5) is 15.3. The van der Waals surface area contributed by atoms with E-state index in [1.165, 1.54) is 24.8 Å². The van der Waals surface area contributed by atoms with Gasteiger partial charge in [-0.1, -0.05) is 29.8 Å². The second-order valence-electron chi connectivity index (χ2n) is 8.97. The second kappa shape index (κ2) is 11.1. The van der Waals surface area contributed by atoms with E-state index in [0.717, 1.165) is 54.7 Å². The third-order valence-corrected chi connectivity index (χ3v) is 7.01. The lowest BCUT2D eigenvalue weighted by molar-refractivity contribution is 0.119. The number of carbonyl (C=O) groups excluding carboxylic acids is 1. The third kappa shape index (κ3) is 6.17. The molecular weight excluding hydrogens is 422 g/mol. The maximum Gasteiger partial charge on any atom is 0.319 e. The molecule has 32 heavy (non-hydrogen) atoms. The molecule has 0 radical (unpaired) electrons. The van der Waals surface area contributed by atoms with Crippen LogP contribution in [0.25, 0.3) is 0 Å². The summed E-state index contributed by atoms with van der Waals surface area (Å²) in [5, 5.41) is 7.01. The Bertz CT molecular complexity index is 881. The number of halogens is 1. The molecule has 1 saturated heterocycles. The van der Waals surface area contributed by atoms with Crippen molar-refractivity contribution in [3.05, 3.63) is 59.1 Å². The summed E-state index contributed by atoms with van der Waals surface area (Å²) in [6.45, 7) is 4.78. The number of piperidine rings is 1. The van der Waals surface area contributed by atoms with E-state index >= 15 is 0 Å². The highest BCUT2D eigenvalue weighted by Gasteiger charge is 2.35. The van der Waals surface area contributed by atoms with Crippen molar-refractivity contribution < 1.29 is 9.53 Å². The van der Waals surface area contributed by atoms with Crippen molar-refractivity contribution in [3.63, 3.8) is 0 Å². The van der Waals surface area contributed by atoms with Gasteiger partial charge in [-0.2, -0.15) is 0 Å². The van der Waals surface area contributed by atoms with Gasteiger partial charge in [-0.05, 0) is 94.3 Å². The maximum absolute atomic E-state index is 12.7. The summed E-state index contributed by atoms with van der Waals surface area (Å²) >= 11 is 6.01. The highest BCUT2D eigenvalue weighted by Crippen LogP contribution is 2.30. The minimum Gasteiger partial charge on any atom is -0.494 e. The van der Waals surface area contributed by atoms with Gasteiger partial charge in [-0.15, -0.1) is 0 Å². The van der Waals surface area contributed by atoms with Crippen LogP contribution in [0, 0.1) is 5.92 Å². The Labute approximate surface area is 196 Å². The number of nitrogens with one attached hydrogen (secondary N) is 2. The zero-order chi connectivity index (χ0) is 22.3. The Morgan fingerprint density at radius 3 is 2.62 bits per heavy atom. The molecule has 2 aromatic rings. The number of rotatable bonds is 7. The number of nitrogens with zero attached hydrogens (tertiary/aromatic N) is 1. The predicted octanol–water partition coefficient (Wildman–Crippen LogP) is 5.74. The zero-order valence-electron chi connectivity index (χ0n) is 18.9. The fourth-order valence-electron chi connectivity index (χ4n) is 5.15. The largest absolute Gasteiger partial charge is 0.494 e. The molecule has 2 aromatic carbocycles. The van der Waals surface area contributed by atoms with E-state index in [2.05, 4.69) is 27.7 Å². The van der Waals surface area contributed by atoms with Crippen LogP contribution in [0.1, 0.15) is 44.6 Å². The molecule has 0 bridgehead atoms. The lowest BCUT2D eigenvalue weighted by Gasteiger charge is -2.38. The van der Waals surface area contributed by atoms with E-state index in [4.69, 9.17) is 16.3 Å². The SMILES string of the molecule is CCOc1cccc(NC(=O)N[C@@H]2CCC[C@H]2N2CCC(Cc3ccc(Cl)cc3)CC2)c1. The van der Waals surface area contributed by atoms with Gasteiger partial charge in [0.2, 0.25) is 0 Å². The molecule has 0 unspecified atom stereocenters. The molecular formula is C26H34ClN3O2. The summed E-state index contributed by atoms with van der Waals surface area (Å²) in [6.07, 6.45) is 6.92. The van der Waals surface area contributed by atoms with Crippen molar-refractivity contribution in [1.82, 2.24) is 10.2 Å². The van der Waals surface area contributed by atoms with Gasteiger partial charge in [0.05, 0.1) is 6.61 Å². The molecule has 1 heterocycles. The summed E-state index contributed by atoms with van der Waals surface area (Å²) in [5.41, 5.74) is 2.13. The standard InChI is InChI=1S/C26H34ClN3O2/c1-2-32-23-6-3-5-22(18-23)28-26(31)29-24-7-4-8-25(24)30-15-13-20(14-16-30)17-19-9-11-21(27)12-10-19/h3,5-6,9-12,18,20,24-25H,2,4,7-8,13-17H2,1H3,(H2,28,29,31)/t24-,25-/m1/s1. The fourth-order valence-corrected chi connectivity index (χ4v) is 5.28. The monoisotopic (exact) mass is 455 g/mol. The first-order valence-corrected chi connectivity index (χ1v) is 12.3. The Morgan fingerprint density at radius 1 is 1.09 bits per heavy atom. The van der Waals surface area contributed by atoms with Crippen molar-refractivity contribution in [2.75, 3.05) is 25.0 Å². The van der Waals surface area contributed by atoms with Crippen molar-refractivity contribution in [2.45, 2.75) is 57.5 Å². The van der Waals surface area contributed by atoms with Gasteiger partial charge in [-0.25, -0.2) is 4.79 Å². The topological polar surface area (TPSA) is 53.6 Å². The van der Waals surface area contributed by atoms with Gasteiger partial charge < -0.3 is 15.4 Å². The number of urea groups is 1. The second-order valence-corrected chi connectivity index (χ2v) is 9.41. The highest BCUT2D eigenvalue weighted by molar-refractivity contribution is 6.30. The summed E-state index contributed by atoms with van der Waals surface area (Å²) in [6, 6.07) is 16.3. The molecule has 2 amide bonds. The summed E-state index contributed by atoms with van der Waals surface area (Å²) in [5.74, 6) is 1.49. The molecule has 2 aliphatic rings. The van der Waals surface area contributed by atoms with Crippen molar-refractivity contribution in [1.29, 1.82) is 0 Å². The van der Waals surface area contributed by atoms with Crippen LogP contribution in [-0.4, -0.2) is 42.7 Å². The normalized spacial score (nSPS) is 21.9. The van der Waals surface area contributed by atoms with Crippen LogP contribution in [0.4, 0.5) is 10.5 Å². The van der Waals surface area contributed by atoms with E-state index < -0.39 is 0 Å². The van der Waals surface area contributed by atoms with Gasteiger partial charge in [0.25, 0.3) is 0 Å². The van der Waals surface area contributed by atoms with Crippen molar-refractivity contribution in [2.24, 2.45) is 5.92 Å². The van der Waals surface area contributed by atoms with E-state index in [1.54, 1.807) is 0 Å². The van der Waals surface area contributed by atoms with Gasteiger partial charge >= 0.3 is 6.03 Å². The number of likely N-dealkylation sites (tertiary alicyclic amines) is 1. The molecule has 6 heteroatoms. The number of amides is 2. The van der Waals surface area contributed by atoms with Crippen molar-refractivity contribution >= 4 is 23.3 Å². The van der Waals surface area contributed by atoms with E-state index in [9.17, 15) is 4.79 Å².